The molecule has 10 heteroatoms. The van der Waals surface area contributed by atoms with E-state index in [4.69, 9.17) is 0 Å². The van der Waals surface area contributed by atoms with E-state index in [0.717, 1.165) is 11.3 Å². The van der Waals surface area contributed by atoms with Gasteiger partial charge in [-0.05, 0) is 38.2 Å². The zero-order valence-corrected chi connectivity index (χ0v) is 18.9. The van der Waals surface area contributed by atoms with Gasteiger partial charge in [0.2, 0.25) is 15.9 Å². The Morgan fingerprint density at radius 2 is 1.90 bits per heavy atom. The van der Waals surface area contributed by atoms with Crippen molar-refractivity contribution in [2.24, 2.45) is 5.92 Å². The average Bonchev–Trinajstić information content (AvgIpc) is 3.08. The number of hydrogen-bond acceptors (Lipinski definition) is 7. The Balaban J connectivity index is 1.65. The molecular formula is C19H23N3O4S3. The third kappa shape index (κ3) is 4.71. The maximum Gasteiger partial charge on any atom is 0.244 e. The number of anilines is 1. The second-order valence-electron chi connectivity index (χ2n) is 6.81. The van der Waals surface area contributed by atoms with Gasteiger partial charge in [-0.3, -0.25) is 9.59 Å². The molecule has 3 rings (SSSR count). The van der Waals surface area contributed by atoms with Crippen LogP contribution in [-0.4, -0.2) is 48.7 Å². The second kappa shape index (κ2) is 8.95. The van der Waals surface area contributed by atoms with Gasteiger partial charge in [0.25, 0.3) is 0 Å². The van der Waals surface area contributed by atoms with E-state index in [2.05, 4.69) is 10.3 Å². The number of sulfonamides is 1. The number of Topliss-reactive ketones (excluding diaryl/α,β-unsaturated/α-hetero) is 1. The molecule has 1 aromatic heterocycles. The summed E-state index contributed by atoms with van der Waals surface area (Å²) in [7, 11) is -3.59. The van der Waals surface area contributed by atoms with Crippen LogP contribution < -0.4 is 5.32 Å². The Morgan fingerprint density at radius 1 is 1.24 bits per heavy atom. The number of rotatable bonds is 6. The summed E-state index contributed by atoms with van der Waals surface area (Å²) in [6.45, 7) is 3.79. The largest absolute Gasteiger partial charge is 0.302 e. The highest BCUT2D eigenvalue weighted by Crippen LogP contribution is 2.30. The van der Waals surface area contributed by atoms with Crippen LogP contribution in [0.25, 0.3) is 0 Å². The molecule has 7 nitrogen and oxygen atoms in total. The van der Waals surface area contributed by atoms with Crippen molar-refractivity contribution in [2.45, 2.75) is 36.5 Å². The summed E-state index contributed by atoms with van der Waals surface area (Å²) >= 11 is 2.56. The summed E-state index contributed by atoms with van der Waals surface area (Å²) < 4.78 is 27.5. The minimum atomic E-state index is -3.59. The fourth-order valence-corrected chi connectivity index (χ4v) is 6.77. The van der Waals surface area contributed by atoms with Crippen molar-refractivity contribution in [2.75, 3.05) is 24.7 Å². The highest BCUT2D eigenvalue weighted by Gasteiger charge is 2.33. The number of amides is 1. The summed E-state index contributed by atoms with van der Waals surface area (Å²) in [5.41, 5.74) is 0.603. The quantitative estimate of drug-likeness (QED) is 0.532. The lowest BCUT2D eigenvalue weighted by atomic mass is 9.97. The molecular weight excluding hydrogens is 430 g/mol. The van der Waals surface area contributed by atoms with Gasteiger partial charge in [-0.25, -0.2) is 13.4 Å². The topological polar surface area (TPSA) is 96.4 Å². The number of carbonyl (C=O) groups is 2. The van der Waals surface area contributed by atoms with Gasteiger partial charge in [-0.1, -0.05) is 23.5 Å². The third-order valence-electron chi connectivity index (χ3n) is 4.86. The van der Waals surface area contributed by atoms with Crippen molar-refractivity contribution >= 4 is 49.9 Å². The van der Waals surface area contributed by atoms with Crippen LogP contribution in [0.3, 0.4) is 0 Å². The predicted octanol–water partition coefficient (Wildman–Crippen LogP) is 3.42. The Hall–Kier alpha value is -1.75. The Bertz CT molecular complexity index is 1030. The molecule has 0 bridgehead atoms. The number of thiazole rings is 1. The first-order chi connectivity index (χ1) is 13.7. The van der Waals surface area contributed by atoms with E-state index in [1.54, 1.807) is 25.1 Å². The lowest BCUT2D eigenvalue weighted by Gasteiger charge is -2.30. The highest BCUT2D eigenvalue weighted by molar-refractivity contribution is 7.99. The molecule has 0 radical (unpaired) electrons. The zero-order valence-electron chi connectivity index (χ0n) is 16.5. The summed E-state index contributed by atoms with van der Waals surface area (Å²) in [4.78, 5) is 29.9. The number of ketones is 1. The van der Waals surface area contributed by atoms with Gasteiger partial charge in [-0.15, -0.1) is 11.8 Å². The maximum absolute atomic E-state index is 13.0. The van der Waals surface area contributed by atoms with E-state index in [1.807, 2.05) is 12.3 Å². The van der Waals surface area contributed by atoms with Crippen LogP contribution in [0.1, 0.15) is 35.1 Å². The zero-order chi connectivity index (χ0) is 21.2. The number of aryl methyl sites for hydroxylation is 1. The van der Waals surface area contributed by atoms with Crippen molar-refractivity contribution in [3.05, 3.63) is 34.8 Å². The Morgan fingerprint density at radius 3 is 2.48 bits per heavy atom. The number of benzene rings is 1. The van der Waals surface area contributed by atoms with E-state index in [0.29, 0.717) is 51.4 Å². The number of nitrogens with zero attached hydrogens (tertiary/aromatic N) is 2. The van der Waals surface area contributed by atoms with Gasteiger partial charge in [0.05, 0.1) is 15.5 Å². The van der Waals surface area contributed by atoms with Gasteiger partial charge >= 0.3 is 0 Å². The smallest absolute Gasteiger partial charge is 0.244 e. The van der Waals surface area contributed by atoms with E-state index in [-0.39, 0.29) is 17.6 Å². The van der Waals surface area contributed by atoms with E-state index < -0.39 is 10.0 Å². The molecule has 156 valence electrons. The van der Waals surface area contributed by atoms with Crippen molar-refractivity contribution < 1.29 is 18.0 Å². The number of aromatic nitrogens is 1. The molecule has 2 aromatic rings. The van der Waals surface area contributed by atoms with Crippen LogP contribution in [0.4, 0.5) is 5.13 Å². The molecule has 0 aliphatic carbocycles. The van der Waals surface area contributed by atoms with Gasteiger partial charge in [-0.2, -0.15) is 4.31 Å². The van der Waals surface area contributed by atoms with Gasteiger partial charge < -0.3 is 5.32 Å². The minimum Gasteiger partial charge on any atom is -0.302 e. The molecule has 1 fully saturated rings. The fraction of sp³-hybridized carbons (Fsp3) is 0.421. The van der Waals surface area contributed by atoms with Crippen LogP contribution in [0.5, 0.6) is 0 Å². The molecule has 1 amide bonds. The number of nitrogens with one attached hydrogen (secondary N) is 1. The minimum absolute atomic E-state index is 0.0791. The molecule has 2 heterocycles. The number of hydrogen-bond donors (Lipinski definition) is 1. The normalized spacial score (nSPS) is 16.0. The van der Waals surface area contributed by atoms with Crippen LogP contribution in [0.2, 0.25) is 0 Å². The maximum atomic E-state index is 13.0. The molecule has 0 saturated carbocycles. The molecule has 1 aliphatic heterocycles. The fourth-order valence-electron chi connectivity index (χ4n) is 3.31. The van der Waals surface area contributed by atoms with E-state index in [9.17, 15) is 18.0 Å². The van der Waals surface area contributed by atoms with E-state index >= 15 is 0 Å². The van der Waals surface area contributed by atoms with Crippen molar-refractivity contribution in [3.8, 4) is 0 Å². The molecule has 1 saturated heterocycles. The number of thioether (sulfide) groups is 1. The summed E-state index contributed by atoms with van der Waals surface area (Å²) in [6, 6.07) is 6.96. The molecule has 29 heavy (non-hydrogen) atoms. The Kier molecular flexibility index (Phi) is 6.77. The lowest BCUT2D eigenvalue weighted by molar-refractivity contribution is -0.120. The summed E-state index contributed by atoms with van der Waals surface area (Å²) in [6.07, 6.45) is 2.73. The first kappa shape index (κ1) is 21.9. The second-order valence-corrected chi connectivity index (χ2v) is 10.6. The third-order valence-corrected chi connectivity index (χ3v) is 8.91. The molecule has 1 N–H and O–H groups in total. The highest BCUT2D eigenvalue weighted by atomic mass is 32.2. The van der Waals surface area contributed by atoms with Gasteiger partial charge in [0, 0.05) is 30.8 Å². The number of carbonyl (C=O) groups excluding carboxylic acids is 2. The van der Waals surface area contributed by atoms with Crippen LogP contribution in [0.15, 0.2) is 34.1 Å². The summed E-state index contributed by atoms with van der Waals surface area (Å²) in [5, 5.41) is 3.18. The van der Waals surface area contributed by atoms with Crippen LogP contribution >= 0.6 is 23.1 Å². The molecule has 0 atom stereocenters. The molecule has 0 unspecified atom stereocenters. The van der Waals surface area contributed by atoms with Gasteiger partial charge in [0.1, 0.15) is 0 Å². The van der Waals surface area contributed by atoms with E-state index in [1.165, 1.54) is 23.0 Å². The molecule has 0 spiro atoms. The average molecular weight is 454 g/mol. The lowest BCUT2D eigenvalue weighted by Crippen LogP contribution is -2.41. The predicted molar refractivity (Wildman–Crippen MR) is 115 cm³/mol. The summed E-state index contributed by atoms with van der Waals surface area (Å²) in [5.74, 6) is -0.554. The first-order valence-corrected chi connectivity index (χ1v) is 12.6. The van der Waals surface area contributed by atoms with Crippen LogP contribution in [-0.2, 0) is 14.8 Å². The SMILES string of the molecule is CSc1ccccc1S(=O)(=O)N1CCC(C(=O)Nc2nc(C)c(C(C)=O)s2)CC1. The number of piperidine rings is 1. The Labute approximate surface area is 179 Å². The standard InChI is InChI=1S/C19H23N3O4S3/c1-12-17(13(2)23)28-19(20-12)21-18(24)14-8-10-22(11-9-14)29(25,26)16-7-5-4-6-15(16)27-3/h4-7,14H,8-11H2,1-3H3,(H,20,21,24). The molecule has 1 aliphatic rings. The molecule has 1 aromatic carbocycles. The van der Waals surface area contributed by atoms with Crippen molar-refractivity contribution in [1.29, 1.82) is 0 Å². The van der Waals surface area contributed by atoms with Crippen LogP contribution in [0, 0.1) is 12.8 Å². The first-order valence-electron chi connectivity index (χ1n) is 9.16. The van der Waals surface area contributed by atoms with Crippen molar-refractivity contribution in [1.82, 2.24) is 9.29 Å². The van der Waals surface area contributed by atoms with Gasteiger partial charge in [0.15, 0.2) is 10.9 Å². The monoisotopic (exact) mass is 453 g/mol. The van der Waals surface area contributed by atoms with Crippen molar-refractivity contribution in [3.63, 3.8) is 0 Å².